The predicted octanol–water partition coefficient (Wildman–Crippen LogP) is 1.47. The Kier molecular flexibility index (Phi) is 5.38. The molecule has 0 aliphatic carbocycles. The molecule has 1 heterocycles. The zero-order chi connectivity index (χ0) is 16.3. The van der Waals surface area contributed by atoms with Crippen molar-refractivity contribution in [2.75, 3.05) is 30.8 Å². The van der Waals surface area contributed by atoms with E-state index in [-0.39, 0.29) is 36.2 Å². The third kappa shape index (κ3) is 3.95. The average Bonchev–Trinajstić information content (AvgIpc) is 2.51. The maximum absolute atomic E-state index is 13.3. The molecule has 22 heavy (non-hydrogen) atoms. The molecule has 1 N–H and O–H groups in total. The molecule has 0 radical (unpaired) electrons. The fourth-order valence-electron chi connectivity index (χ4n) is 2.02. The summed E-state index contributed by atoms with van der Waals surface area (Å²) in [6.07, 6.45) is -0.936. The zero-order valence-corrected chi connectivity index (χ0v) is 13.5. The summed E-state index contributed by atoms with van der Waals surface area (Å²) in [5, 5.41) is 2.44. The summed E-state index contributed by atoms with van der Waals surface area (Å²) < 4.78 is 43.5. The Morgan fingerprint density at radius 2 is 2.27 bits per heavy atom. The van der Waals surface area contributed by atoms with Crippen LogP contribution in [0.2, 0.25) is 5.02 Å². The highest BCUT2D eigenvalue weighted by atomic mass is 35.5. The number of nitrogens with one attached hydrogen (secondary N) is 1. The fourth-order valence-corrected chi connectivity index (χ4v) is 3.21. The molecule has 9 heteroatoms. The maximum atomic E-state index is 13.3. The Labute approximate surface area is 133 Å². The van der Waals surface area contributed by atoms with Crippen LogP contribution in [-0.2, 0) is 19.6 Å². The normalized spacial score (nSPS) is 19.9. The van der Waals surface area contributed by atoms with E-state index in [0.29, 0.717) is 0 Å². The third-order valence-corrected chi connectivity index (χ3v) is 5.42. The van der Waals surface area contributed by atoms with Crippen molar-refractivity contribution in [3.05, 3.63) is 29.0 Å². The summed E-state index contributed by atoms with van der Waals surface area (Å²) in [6, 6.07) is 3.86. The van der Waals surface area contributed by atoms with Gasteiger partial charge in [0.2, 0.25) is 10.0 Å². The molecule has 1 saturated heterocycles. The first-order valence-electron chi connectivity index (χ1n) is 6.69. The second kappa shape index (κ2) is 6.91. The molecule has 0 bridgehead atoms. The van der Waals surface area contributed by atoms with Gasteiger partial charge in [-0.2, -0.15) is 4.31 Å². The standard InChI is InChI=1S/C13H16ClFN2O4S/c1-2-22(19,20)17-5-6-21-12(8-17)13(18)16-9-3-4-10(14)11(15)7-9/h3-4,7,12H,2,5-6,8H2,1H3,(H,16,18). The molecule has 1 aliphatic rings. The molecule has 0 spiro atoms. The molecule has 1 aromatic carbocycles. The molecular formula is C13H16ClFN2O4S. The largest absolute Gasteiger partial charge is 0.366 e. The van der Waals surface area contributed by atoms with Crippen LogP contribution in [0, 0.1) is 5.82 Å². The Morgan fingerprint density at radius 1 is 1.55 bits per heavy atom. The van der Waals surface area contributed by atoms with Gasteiger partial charge in [0.1, 0.15) is 11.9 Å². The number of nitrogens with zero attached hydrogens (tertiary/aromatic N) is 1. The number of benzene rings is 1. The number of morpholine rings is 1. The molecule has 1 fully saturated rings. The van der Waals surface area contributed by atoms with Crippen molar-refractivity contribution in [1.82, 2.24) is 4.31 Å². The van der Waals surface area contributed by atoms with E-state index in [0.717, 1.165) is 6.07 Å². The summed E-state index contributed by atoms with van der Waals surface area (Å²) in [5.74, 6) is -1.22. The Hall–Kier alpha value is -1.22. The van der Waals surface area contributed by atoms with E-state index in [1.165, 1.54) is 23.4 Å². The van der Waals surface area contributed by atoms with E-state index in [1.807, 2.05) is 0 Å². The zero-order valence-electron chi connectivity index (χ0n) is 11.9. The smallest absolute Gasteiger partial charge is 0.254 e. The molecule has 122 valence electrons. The van der Waals surface area contributed by atoms with Crippen LogP contribution in [-0.4, -0.2) is 50.2 Å². The van der Waals surface area contributed by atoms with Crippen molar-refractivity contribution in [3.8, 4) is 0 Å². The van der Waals surface area contributed by atoms with Crippen LogP contribution < -0.4 is 5.32 Å². The van der Waals surface area contributed by atoms with Gasteiger partial charge in [0.15, 0.2) is 0 Å². The Morgan fingerprint density at radius 3 is 2.91 bits per heavy atom. The van der Waals surface area contributed by atoms with E-state index in [2.05, 4.69) is 5.32 Å². The first-order valence-corrected chi connectivity index (χ1v) is 8.67. The summed E-state index contributed by atoms with van der Waals surface area (Å²) in [6.45, 7) is 1.83. The van der Waals surface area contributed by atoms with Crippen molar-refractivity contribution < 1.29 is 22.3 Å². The minimum Gasteiger partial charge on any atom is -0.366 e. The van der Waals surface area contributed by atoms with Gasteiger partial charge in [-0.25, -0.2) is 12.8 Å². The van der Waals surface area contributed by atoms with Crippen molar-refractivity contribution >= 4 is 33.2 Å². The Bertz CT molecular complexity index is 668. The van der Waals surface area contributed by atoms with Gasteiger partial charge >= 0.3 is 0 Å². The van der Waals surface area contributed by atoms with Crippen LogP contribution in [0.4, 0.5) is 10.1 Å². The number of carbonyl (C=O) groups is 1. The number of ether oxygens (including phenoxy) is 1. The molecule has 1 atom stereocenters. The van der Waals surface area contributed by atoms with Crippen LogP contribution in [0.3, 0.4) is 0 Å². The SMILES string of the molecule is CCS(=O)(=O)N1CCOC(C(=O)Nc2ccc(Cl)c(F)c2)C1. The number of sulfonamides is 1. The number of rotatable bonds is 4. The van der Waals surface area contributed by atoms with E-state index >= 15 is 0 Å². The fraction of sp³-hybridized carbons (Fsp3) is 0.462. The average molecular weight is 351 g/mol. The molecule has 0 saturated carbocycles. The summed E-state index contributed by atoms with van der Waals surface area (Å²) >= 11 is 5.57. The van der Waals surface area contributed by atoms with E-state index in [4.69, 9.17) is 16.3 Å². The van der Waals surface area contributed by atoms with Gasteiger partial charge in [0, 0.05) is 18.8 Å². The van der Waals surface area contributed by atoms with E-state index in [1.54, 1.807) is 0 Å². The van der Waals surface area contributed by atoms with Gasteiger partial charge in [-0.05, 0) is 25.1 Å². The van der Waals surface area contributed by atoms with Gasteiger partial charge in [0.25, 0.3) is 5.91 Å². The topological polar surface area (TPSA) is 75.7 Å². The van der Waals surface area contributed by atoms with Crippen molar-refractivity contribution in [3.63, 3.8) is 0 Å². The number of halogens is 2. The lowest BCUT2D eigenvalue weighted by Crippen LogP contribution is -2.50. The van der Waals surface area contributed by atoms with Crippen molar-refractivity contribution in [2.24, 2.45) is 0 Å². The molecule has 1 aliphatic heterocycles. The number of amides is 1. The number of hydrogen-bond acceptors (Lipinski definition) is 4. The van der Waals surface area contributed by atoms with Crippen LogP contribution in [0.25, 0.3) is 0 Å². The highest BCUT2D eigenvalue weighted by Gasteiger charge is 2.32. The molecular weight excluding hydrogens is 335 g/mol. The second-order valence-electron chi connectivity index (χ2n) is 4.74. The molecule has 1 unspecified atom stereocenters. The lowest BCUT2D eigenvalue weighted by molar-refractivity contribution is -0.130. The minimum absolute atomic E-state index is 0.0380. The van der Waals surface area contributed by atoms with Gasteiger partial charge in [-0.1, -0.05) is 11.6 Å². The maximum Gasteiger partial charge on any atom is 0.254 e. The van der Waals surface area contributed by atoms with Gasteiger partial charge in [0.05, 0.1) is 17.4 Å². The summed E-state index contributed by atoms with van der Waals surface area (Å²) in [7, 11) is -3.38. The molecule has 2 rings (SSSR count). The van der Waals surface area contributed by atoms with Crippen molar-refractivity contribution in [1.29, 1.82) is 0 Å². The third-order valence-electron chi connectivity index (χ3n) is 3.27. The minimum atomic E-state index is -3.38. The van der Waals surface area contributed by atoms with Gasteiger partial charge < -0.3 is 10.1 Å². The molecule has 1 aromatic rings. The van der Waals surface area contributed by atoms with Crippen molar-refractivity contribution in [2.45, 2.75) is 13.0 Å². The number of anilines is 1. The summed E-state index contributed by atoms with van der Waals surface area (Å²) in [4.78, 5) is 12.1. The second-order valence-corrected chi connectivity index (χ2v) is 7.40. The highest BCUT2D eigenvalue weighted by Crippen LogP contribution is 2.19. The van der Waals surface area contributed by atoms with Gasteiger partial charge in [-0.3, -0.25) is 4.79 Å². The molecule has 0 aromatic heterocycles. The van der Waals surface area contributed by atoms with Crippen LogP contribution >= 0.6 is 11.6 Å². The Balaban J connectivity index is 2.04. The lowest BCUT2D eigenvalue weighted by Gasteiger charge is -2.31. The van der Waals surface area contributed by atoms with Gasteiger partial charge in [-0.15, -0.1) is 0 Å². The lowest BCUT2D eigenvalue weighted by atomic mass is 10.2. The van der Waals surface area contributed by atoms with Crippen LogP contribution in [0.1, 0.15) is 6.92 Å². The monoisotopic (exact) mass is 350 g/mol. The predicted molar refractivity (Wildman–Crippen MR) is 80.8 cm³/mol. The van der Waals surface area contributed by atoms with Crippen LogP contribution in [0.15, 0.2) is 18.2 Å². The number of hydrogen-bond donors (Lipinski definition) is 1. The molecule has 1 amide bonds. The highest BCUT2D eigenvalue weighted by molar-refractivity contribution is 7.89. The number of carbonyl (C=O) groups excluding carboxylic acids is 1. The van der Waals surface area contributed by atoms with Crippen LogP contribution in [0.5, 0.6) is 0 Å². The summed E-state index contributed by atoms with van der Waals surface area (Å²) in [5.41, 5.74) is 0.228. The van der Waals surface area contributed by atoms with E-state index in [9.17, 15) is 17.6 Å². The quantitative estimate of drug-likeness (QED) is 0.892. The molecule has 6 nitrogen and oxygen atoms in total. The first-order chi connectivity index (χ1) is 10.3. The first kappa shape index (κ1) is 17.1. The van der Waals surface area contributed by atoms with E-state index < -0.39 is 27.9 Å².